The van der Waals surface area contributed by atoms with Crippen LogP contribution in [-0.4, -0.2) is 46.9 Å². The maximum Gasteiger partial charge on any atom is 0.263 e. The zero-order valence-corrected chi connectivity index (χ0v) is 17.1. The van der Waals surface area contributed by atoms with Crippen molar-refractivity contribution in [1.29, 1.82) is 0 Å². The van der Waals surface area contributed by atoms with Crippen LogP contribution in [0.2, 0.25) is 0 Å². The van der Waals surface area contributed by atoms with Crippen molar-refractivity contribution in [2.45, 2.75) is 57.2 Å². The number of carbonyl (C=O) groups excluding carboxylic acids is 1. The summed E-state index contributed by atoms with van der Waals surface area (Å²) in [5.41, 5.74) is 4.83. The summed E-state index contributed by atoms with van der Waals surface area (Å²) in [5.74, 6) is -0.120. The average Bonchev–Trinajstić information content (AvgIpc) is 2.51. The predicted octanol–water partition coefficient (Wildman–Crippen LogP) is 2.31. The Balaban J connectivity index is 2.68. The van der Waals surface area contributed by atoms with Gasteiger partial charge in [0.2, 0.25) is 10.0 Å². The molecule has 0 radical (unpaired) electrons. The first-order valence-electron chi connectivity index (χ1n) is 8.12. The molecule has 6 nitrogen and oxygen atoms in total. The van der Waals surface area contributed by atoms with E-state index in [1.165, 1.54) is 16.1 Å². The van der Waals surface area contributed by atoms with Crippen molar-refractivity contribution in [3.63, 3.8) is 0 Å². The second-order valence-electron chi connectivity index (χ2n) is 7.04. The van der Waals surface area contributed by atoms with Gasteiger partial charge in [-0.15, -0.1) is 0 Å². The van der Waals surface area contributed by atoms with Gasteiger partial charge in [-0.05, 0) is 63.8 Å². The van der Waals surface area contributed by atoms with Gasteiger partial charge in [0, 0.05) is 17.0 Å². The molecule has 140 valence electrons. The van der Waals surface area contributed by atoms with Gasteiger partial charge in [-0.3, -0.25) is 10.0 Å². The lowest BCUT2D eigenvalue weighted by molar-refractivity contribution is -0.134. The van der Waals surface area contributed by atoms with Gasteiger partial charge in [0.25, 0.3) is 5.91 Å². The Morgan fingerprint density at radius 1 is 1.24 bits per heavy atom. The van der Waals surface area contributed by atoms with Crippen LogP contribution in [0.15, 0.2) is 11.0 Å². The fourth-order valence-electron chi connectivity index (χ4n) is 3.40. The highest BCUT2D eigenvalue weighted by molar-refractivity contribution is 8.01. The molecule has 8 heteroatoms. The first-order chi connectivity index (χ1) is 11.4. The number of amides is 1. The number of hydroxylamine groups is 1. The Kier molecular flexibility index (Phi) is 5.59. The minimum absolute atomic E-state index is 0.223. The van der Waals surface area contributed by atoms with Gasteiger partial charge in [-0.1, -0.05) is 6.07 Å². The lowest BCUT2D eigenvalue weighted by Crippen LogP contribution is -2.61. The van der Waals surface area contributed by atoms with Gasteiger partial charge in [-0.25, -0.2) is 13.9 Å². The molecule has 1 saturated heterocycles. The summed E-state index contributed by atoms with van der Waals surface area (Å²) in [4.78, 5) is 12.6. The Bertz CT molecular complexity index is 777. The standard InChI is InChI=1S/C17H26N2O4S2/c1-10-9-11(2)13(4)14(12(10)3)25(22,23)19-7-8-24-17(5,6)15(19)16(20)18-21/h9,15,21H,7-8H2,1-6H3,(H,18,20). The molecule has 1 fully saturated rings. The van der Waals surface area contributed by atoms with Gasteiger partial charge in [-0.2, -0.15) is 16.1 Å². The van der Waals surface area contributed by atoms with Gasteiger partial charge in [0.1, 0.15) is 6.04 Å². The SMILES string of the molecule is Cc1cc(C)c(C)c(S(=O)(=O)N2CCSC(C)(C)C2C(=O)NO)c1C. The number of carbonyl (C=O) groups is 1. The Morgan fingerprint density at radius 3 is 2.24 bits per heavy atom. The third-order valence-corrected chi connectivity index (χ3v) is 8.45. The van der Waals surface area contributed by atoms with Crippen molar-refractivity contribution in [3.8, 4) is 0 Å². The van der Waals surface area contributed by atoms with Crippen molar-refractivity contribution in [2.75, 3.05) is 12.3 Å². The molecular formula is C17H26N2O4S2. The van der Waals surface area contributed by atoms with E-state index in [0.29, 0.717) is 16.9 Å². The summed E-state index contributed by atoms with van der Waals surface area (Å²) < 4.78 is 27.6. The van der Waals surface area contributed by atoms with Crippen LogP contribution in [0.5, 0.6) is 0 Å². The van der Waals surface area contributed by atoms with Crippen LogP contribution >= 0.6 is 11.8 Å². The highest BCUT2D eigenvalue weighted by atomic mass is 32.2. The molecule has 1 aromatic carbocycles. The molecule has 1 atom stereocenters. The molecular weight excluding hydrogens is 360 g/mol. The molecule has 25 heavy (non-hydrogen) atoms. The Labute approximate surface area is 154 Å². The summed E-state index contributed by atoms with van der Waals surface area (Å²) in [6.07, 6.45) is 0. The number of hydrogen-bond donors (Lipinski definition) is 2. The lowest BCUT2D eigenvalue weighted by Gasteiger charge is -2.43. The normalized spacial score (nSPS) is 21.2. The molecule has 0 saturated carbocycles. The summed E-state index contributed by atoms with van der Waals surface area (Å²) in [6.45, 7) is 11.2. The van der Waals surface area contributed by atoms with E-state index in [4.69, 9.17) is 5.21 Å². The molecule has 0 aromatic heterocycles. The van der Waals surface area contributed by atoms with Crippen molar-refractivity contribution in [2.24, 2.45) is 0 Å². The summed E-state index contributed by atoms with van der Waals surface area (Å²) in [6, 6.07) is 0.985. The zero-order chi connectivity index (χ0) is 19.2. The van der Waals surface area contributed by atoms with Crippen LogP contribution in [0.4, 0.5) is 0 Å². The molecule has 1 aromatic rings. The molecule has 1 unspecified atom stereocenters. The highest BCUT2D eigenvalue weighted by Crippen LogP contribution is 2.39. The largest absolute Gasteiger partial charge is 0.289 e. The maximum atomic E-state index is 13.5. The number of rotatable bonds is 3. The first kappa shape index (κ1) is 20.2. The van der Waals surface area contributed by atoms with Crippen LogP contribution in [-0.2, 0) is 14.8 Å². The maximum absolute atomic E-state index is 13.5. The lowest BCUT2D eigenvalue weighted by atomic mass is 10.0. The molecule has 0 bridgehead atoms. The van der Waals surface area contributed by atoms with E-state index in [2.05, 4.69) is 0 Å². The second-order valence-corrected chi connectivity index (χ2v) is 10.6. The zero-order valence-electron chi connectivity index (χ0n) is 15.5. The molecule has 2 N–H and O–H groups in total. The molecule has 0 aliphatic carbocycles. The predicted molar refractivity (Wildman–Crippen MR) is 99.5 cm³/mol. The van der Waals surface area contributed by atoms with E-state index in [0.717, 1.165) is 11.1 Å². The van der Waals surface area contributed by atoms with E-state index in [-0.39, 0.29) is 11.4 Å². The number of aryl methyl sites for hydroxylation is 2. The third kappa shape index (κ3) is 3.45. The van der Waals surface area contributed by atoms with Crippen molar-refractivity contribution in [3.05, 3.63) is 28.3 Å². The van der Waals surface area contributed by atoms with Gasteiger partial charge >= 0.3 is 0 Å². The Morgan fingerprint density at radius 2 is 1.76 bits per heavy atom. The van der Waals surface area contributed by atoms with Crippen molar-refractivity contribution >= 4 is 27.7 Å². The van der Waals surface area contributed by atoms with Crippen LogP contribution in [0.1, 0.15) is 36.1 Å². The topological polar surface area (TPSA) is 86.7 Å². The molecule has 2 rings (SSSR count). The van der Waals surface area contributed by atoms with Crippen LogP contribution in [0.25, 0.3) is 0 Å². The fourth-order valence-corrected chi connectivity index (χ4v) is 7.09. The molecule has 1 aliphatic rings. The monoisotopic (exact) mass is 386 g/mol. The minimum atomic E-state index is -3.90. The third-order valence-electron chi connectivity index (χ3n) is 4.95. The number of benzene rings is 1. The van der Waals surface area contributed by atoms with E-state index < -0.39 is 26.7 Å². The van der Waals surface area contributed by atoms with E-state index in [1.54, 1.807) is 19.3 Å². The molecule has 1 aliphatic heterocycles. The average molecular weight is 387 g/mol. The molecule has 1 amide bonds. The molecule has 0 spiro atoms. The number of sulfonamides is 1. The summed E-state index contributed by atoms with van der Waals surface area (Å²) in [5, 5.41) is 9.14. The smallest absolute Gasteiger partial charge is 0.263 e. The van der Waals surface area contributed by atoms with Crippen molar-refractivity contribution in [1.82, 2.24) is 9.79 Å². The van der Waals surface area contributed by atoms with E-state index in [1.807, 2.05) is 33.8 Å². The fraction of sp³-hybridized carbons (Fsp3) is 0.588. The van der Waals surface area contributed by atoms with Gasteiger partial charge in [0.15, 0.2) is 0 Å². The minimum Gasteiger partial charge on any atom is -0.289 e. The van der Waals surface area contributed by atoms with E-state index in [9.17, 15) is 13.2 Å². The molecule has 1 heterocycles. The van der Waals surface area contributed by atoms with Crippen molar-refractivity contribution < 1.29 is 18.4 Å². The summed E-state index contributed by atoms with van der Waals surface area (Å²) >= 11 is 1.52. The first-order valence-corrected chi connectivity index (χ1v) is 10.5. The summed E-state index contributed by atoms with van der Waals surface area (Å²) in [7, 11) is -3.90. The Hall–Kier alpha value is -1.09. The quantitative estimate of drug-likeness (QED) is 0.615. The van der Waals surface area contributed by atoms with Crippen LogP contribution in [0.3, 0.4) is 0 Å². The van der Waals surface area contributed by atoms with Crippen LogP contribution < -0.4 is 5.48 Å². The van der Waals surface area contributed by atoms with Gasteiger partial charge < -0.3 is 0 Å². The van der Waals surface area contributed by atoms with Gasteiger partial charge in [0.05, 0.1) is 4.90 Å². The van der Waals surface area contributed by atoms with E-state index >= 15 is 0 Å². The number of hydrogen-bond acceptors (Lipinski definition) is 5. The highest BCUT2D eigenvalue weighted by Gasteiger charge is 2.48. The number of thioether (sulfide) groups is 1. The number of nitrogens with one attached hydrogen (secondary N) is 1. The number of nitrogens with zero attached hydrogens (tertiary/aromatic N) is 1. The second kappa shape index (κ2) is 6.90. The van der Waals surface area contributed by atoms with Crippen LogP contribution in [0, 0.1) is 27.7 Å².